The molecule has 0 spiro atoms. The highest BCUT2D eigenvalue weighted by Gasteiger charge is 2.46. The van der Waals surface area contributed by atoms with Crippen LogP contribution in [-0.2, 0) is 43.4 Å². The van der Waals surface area contributed by atoms with Crippen LogP contribution >= 0.6 is 11.3 Å². The monoisotopic (exact) mass is 959 g/mol. The number of anilines is 1. The molecule has 6 aromatic rings. The fraction of sp³-hybridized carbons (Fsp3) is 0.380. The molecule has 5 N–H and O–H groups in total. The molecule has 0 aliphatic carbocycles. The van der Waals surface area contributed by atoms with E-state index in [1.807, 2.05) is 63.4 Å². The number of ether oxygens (including phenoxy) is 4. The minimum Gasteiger partial charge on any atom is -0.507 e. The molecule has 362 valence electrons. The van der Waals surface area contributed by atoms with Gasteiger partial charge in [0.15, 0.2) is 5.82 Å². The van der Waals surface area contributed by atoms with Crippen LogP contribution in [0.1, 0.15) is 47.4 Å². The predicted octanol–water partition coefficient (Wildman–Crippen LogP) is 5.11. The number of carbonyl (C=O) groups is 3. The van der Waals surface area contributed by atoms with E-state index in [4.69, 9.17) is 24.7 Å². The van der Waals surface area contributed by atoms with Crippen molar-refractivity contribution in [2.75, 3.05) is 58.5 Å². The predicted molar refractivity (Wildman–Crippen MR) is 258 cm³/mol. The number of phenols is 1. The first kappa shape index (κ1) is 48.7. The summed E-state index contributed by atoms with van der Waals surface area (Å²) < 4.78 is 25.3. The molecular formula is C50H57N9O9S. The minimum absolute atomic E-state index is 0.00524. The Hall–Kier alpha value is -6.77. The number of aliphatic hydroxyl groups excluding tert-OH is 1. The lowest BCUT2D eigenvalue weighted by molar-refractivity contribution is -0.143. The lowest BCUT2D eigenvalue weighted by Gasteiger charge is -2.35. The molecule has 19 heteroatoms. The highest BCUT2D eigenvalue weighted by molar-refractivity contribution is 7.13. The van der Waals surface area contributed by atoms with Gasteiger partial charge in [0.25, 0.3) is 5.91 Å². The third-order valence-corrected chi connectivity index (χ3v) is 13.1. The largest absolute Gasteiger partial charge is 0.507 e. The van der Waals surface area contributed by atoms with E-state index in [9.17, 15) is 24.6 Å². The number of carbonyl (C=O) groups excluding carboxylic acids is 3. The highest BCUT2D eigenvalue weighted by Crippen LogP contribution is 2.34. The maximum absolute atomic E-state index is 14.2. The van der Waals surface area contributed by atoms with Gasteiger partial charge in [0.2, 0.25) is 11.8 Å². The maximum atomic E-state index is 14.2. The van der Waals surface area contributed by atoms with Gasteiger partial charge >= 0.3 is 0 Å². The number of nitrogens with one attached hydrogen (secondary N) is 1. The van der Waals surface area contributed by atoms with E-state index in [2.05, 4.69) is 25.6 Å². The van der Waals surface area contributed by atoms with Crippen molar-refractivity contribution < 1.29 is 43.5 Å². The molecule has 2 aliphatic heterocycles. The van der Waals surface area contributed by atoms with E-state index in [1.54, 1.807) is 57.7 Å². The van der Waals surface area contributed by atoms with Crippen LogP contribution in [0.4, 0.5) is 5.82 Å². The molecule has 2 aliphatic rings. The van der Waals surface area contributed by atoms with Gasteiger partial charge in [0.05, 0.1) is 80.3 Å². The van der Waals surface area contributed by atoms with Crippen molar-refractivity contribution in [1.82, 2.24) is 40.1 Å². The molecule has 5 heterocycles. The van der Waals surface area contributed by atoms with E-state index >= 15 is 0 Å². The van der Waals surface area contributed by atoms with Gasteiger partial charge in [0.1, 0.15) is 30.2 Å². The second-order valence-corrected chi connectivity index (χ2v) is 18.1. The quantitative estimate of drug-likeness (QED) is 0.0649. The molecule has 1 saturated heterocycles. The Balaban J connectivity index is 0.772. The zero-order valence-electron chi connectivity index (χ0n) is 38.8. The summed E-state index contributed by atoms with van der Waals surface area (Å²) in [6.07, 6.45) is 2.75. The van der Waals surface area contributed by atoms with Gasteiger partial charge in [-0.05, 0) is 54.3 Å². The van der Waals surface area contributed by atoms with Crippen molar-refractivity contribution in [3.8, 4) is 44.3 Å². The number of aromatic hydroxyl groups is 1. The van der Waals surface area contributed by atoms with E-state index in [-0.39, 0.29) is 62.0 Å². The fourth-order valence-electron chi connectivity index (χ4n) is 8.60. The van der Waals surface area contributed by atoms with Gasteiger partial charge in [-0.1, -0.05) is 56.3 Å². The summed E-state index contributed by atoms with van der Waals surface area (Å²) in [5.74, 6) is -0.290. The van der Waals surface area contributed by atoms with E-state index < -0.39 is 24.1 Å². The number of benzene rings is 3. The van der Waals surface area contributed by atoms with Gasteiger partial charge in [-0.2, -0.15) is 5.10 Å². The number of thiazole rings is 1. The summed E-state index contributed by atoms with van der Waals surface area (Å²) in [4.78, 5) is 49.9. The summed E-state index contributed by atoms with van der Waals surface area (Å²) >= 11 is 1.52. The number of aryl methyl sites for hydroxylation is 1. The molecule has 3 atom stereocenters. The Labute approximate surface area is 404 Å². The van der Waals surface area contributed by atoms with Gasteiger partial charge in [-0.3, -0.25) is 19.1 Å². The second-order valence-electron chi connectivity index (χ2n) is 17.2. The van der Waals surface area contributed by atoms with Crippen molar-refractivity contribution in [2.24, 2.45) is 5.92 Å². The number of aliphatic hydroxyl groups is 1. The zero-order valence-corrected chi connectivity index (χ0v) is 39.6. The Morgan fingerprint density at radius 3 is 2.35 bits per heavy atom. The topological polar surface area (TPSA) is 230 Å². The first-order valence-electron chi connectivity index (χ1n) is 23.0. The van der Waals surface area contributed by atoms with Crippen LogP contribution in [0.5, 0.6) is 11.5 Å². The highest BCUT2D eigenvalue weighted by atomic mass is 32.1. The number of nitrogen functional groups attached to an aromatic ring is 1. The zero-order chi connectivity index (χ0) is 48.4. The van der Waals surface area contributed by atoms with E-state index in [0.29, 0.717) is 74.3 Å². The Kier molecular flexibility index (Phi) is 15.9. The van der Waals surface area contributed by atoms with Crippen LogP contribution in [0.25, 0.3) is 32.8 Å². The first-order valence-corrected chi connectivity index (χ1v) is 23.8. The summed E-state index contributed by atoms with van der Waals surface area (Å²) in [7, 11) is 0. The average molecular weight is 960 g/mol. The molecule has 8 rings (SSSR count). The van der Waals surface area contributed by atoms with Gasteiger partial charge in [-0.15, -0.1) is 21.5 Å². The number of nitrogens with zero attached hydrogens (tertiary/aromatic N) is 7. The van der Waals surface area contributed by atoms with Crippen molar-refractivity contribution in [2.45, 2.75) is 65.0 Å². The van der Waals surface area contributed by atoms with Crippen LogP contribution in [0.15, 0.2) is 90.7 Å². The maximum Gasteiger partial charge on any atom is 0.255 e. The van der Waals surface area contributed by atoms with Crippen molar-refractivity contribution in [3.63, 3.8) is 0 Å². The standard InChI is InChI=1S/C50H57N9O9S/c1-31(2)45(59-28-35-8-4-5-9-38(35)49(59)63)50(64)58-29-37(60)23-42(58)48(62)52-25-34-13-12-33(46-32(3)53-30-69-46)22-44(34)68-21-20-67-19-18-66-17-16-65-15-14-57-27-36(26-54-57)40-24-41(55-56-47(40)51)39-10-6-7-11-43(39)61/h4-13,22,24,26-27,30-31,37,42,45,60-61H,14-21,23,25,28-29H2,1-3H3,(H2,51,56)(H,52,62)/t37-,42+,45+/m1/s1. The third-order valence-electron chi connectivity index (χ3n) is 12.1. The normalized spacial score (nSPS) is 16.0. The second kappa shape index (κ2) is 22.6. The Bertz CT molecular complexity index is 2750. The molecule has 0 bridgehead atoms. The van der Waals surface area contributed by atoms with Crippen molar-refractivity contribution in [3.05, 3.63) is 113 Å². The summed E-state index contributed by atoms with van der Waals surface area (Å²) in [5, 5.41) is 36.6. The molecule has 69 heavy (non-hydrogen) atoms. The summed E-state index contributed by atoms with van der Waals surface area (Å²) in [6.45, 7) is 9.06. The SMILES string of the molecule is Cc1ncsc1-c1ccc(CNC(=O)[C@@H]2C[C@@H](O)CN2C(=O)[C@H](C(C)C)N2Cc3ccccc3C2=O)c(OCCOCCOCCOCCn2cc(-c3cc(-c4ccccc4O)nnc3N)cn2)c1. The average Bonchev–Trinajstić information content (AvgIpc) is 4.16. The number of para-hydroxylation sites is 1. The molecule has 0 saturated carbocycles. The number of hydrogen-bond acceptors (Lipinski definition) is 15. The molecule has 1 fully saturated rings. The molecule has 0 radical (unpaired) electrons. The lowest BCUT2D eigenvalue weighted by atomic mass is 10.0. The smallest absolute Gasteiger partial charge is 0.255 e. The Morgan fingerprint density at radius 1 is 0.899 bits per heavy atom. The van der Waals surface area contributed by atoms with Crippen molar-refractivity contribution in [1.29, 1.82) is 0 Å². The van der Waals surface area contributed by atoms with Gasteiger partial charge < -0.3 is 50.0 Å². The number of fused-ring (bicyclic) bond motifs is 1. The molecule has 3 aromatic carbocycles. The van der Waals surface area contributed by atoms with E-state index in [0.717, 1.165) is 32.8 Å². The van der Waals surface area contributed by atoms with Crippen LogP contribution in [-0.4, -0.2) is 134 Å². The number of β-amino-alcohol motifs (C(OH)–C–C–N with tert-alkyl or cyclic N) is 1. The number of phenolic OH excluding ortho intramolecular Hbond substituents is 1. The number of aromatic nitrogens is 5. The molecule has 3 amide bonds. The number of hydrogen-bond donors (Lipinski definition) is 4. The van der Waals surface area contributed by atoms with Gasteiger partial charge in [-0.25, -0.2) is 4.98 Å². The third kappa shape index (κ3) is 11.6. The lowest BCUT2D eigenvalue weighted by Crippen LogP contribution is -2.55. The van der Waals surface area contributed by atoms with Gasteiger partial charge in [0, 0.05) is 60.1 Å². The summed E-state index contributed by atoms with van der Waals surface area (Å²) in [5.41, 5.74) is 14.4. The Morgan fingerprint density at radius 2 is 1.62 bits per heavy atom. The summed E-state index contributed by atoms with van der Waals surface area (Å²) in [6, 6.07) is 20.1. The molecule has 18 nitrogen and oxygen atoms in total. The fourth-order valence-corrected chi connectivity index (χ4v) is 9.40. The number of amides is 3. The van der Waals surface area contributed by atoms with Crippen molar-refractivity contribution >= 4 is 34.9 Å². The molecular weight excluding hydrogens is 903 g/mol. The number of rotatable bonds is 22. The molecule has 0 unspecified atom stereocenters. The minimum atomic E-state index is -0.916. The number of nitrogens with two attached hydrogens (primary N) is 1. The van der Waals surface area contributed by atoms with Crippen LogP contribution < -0.4 is 15.8 Å². The van der Waals surface area contributed by atoms with Crippen LogP contribution in [0, 0.1) is 12.8 Å². The van der Waals surface area contributed by atoms with Crippen LogP contribution in [0.2, 0.25) is 0 Å². The molecule has 3 aromatic heterocycles. The van der Waals surface area contributed by atoms with E-state index in [1.165, 1.54) is 16.2 Å². The van der Waals surface area contributed by atoms with Crippen LogP contribution in [0.3, 0.4) is 0 Å². The number of likely N-dealkylation sites (tertiary alicyclic amines) is 1. The first-order chi connectivity index (χ1) is 33.5.